The van der Waals surface area contributed by atoms with Crippen molar-refractivity contribution in [3.63, 3.8) is 0 Å². The Hall–Kier alpha value is -2.36. The Morgan fingerprint density at radius 3 is 2.29 bits per heavy atom. The lowest BCUT2D eigenvalue weighted by Gasteiger charge is -2.13. The van der Waals surface area contributed by atoms with Crippen LogP contribution in [0.15, 0.2) is 47.4 Å². The first-order valence-electron chi connectivity index (χ1n) is 6.92. The van der Waals surface area contributed by atoms with Gasteiger partial charge in [0.2, 0.25) is 0 Å². The van der Waals surface area contributed by atoms with E-state index >= 15 is 0 Å². The highest BCUT2D eigenvalue weighted by atomic mass is 32.2. The molecule has 0 bridgehead atoms. The number of benzene rings is 2. The third-order valence-corrected chi connectivity index (χ3v) is 4.71. The van der Waals surface area contributed by atoms with Gasteiger partial charge in [-0.1, -0.05) is 23.8 Å². The minimum atomic E-state index is -3.96. The summed E-state index contributed by atoms with van der Waals surface area (Å²) in [6.45, 7) is 1.82. The molecule has 3 N–H and O–H groups in total. The highest BCUT2D eigenvalue weighted by molar-refractivity contribution is 7.92. The number of anilines is 1. The Labute approximate surface area is 140 Å². The number of ether oxygens (including phenoxy) is 1. The predicted molar refractivity (Wildman–Crippen MR) is 89.6 cm³/mol. The Kier molecular flexibility index (Phi) is 5.28. The molecule has 0 heterocycles. The average molecular weight is 349 g/mol. The summed E-state index contributed by atoms with van der Waals surface area (Å²) in [6, 6.07) is 9.87. The number of methoxy groups -OCH3 is 1. The second-order valence-corrected chi connectivity index (χ2v) is 6.77. The van der Waals surface area contributed by atoms with Gasteiger partial charge in [0.05, 0.1) is 17.6 Å². The lowest BCUT2D eigenvalue weighted by molar-refractivity contribution is 0.0600. The van der Waals surface area contributed by atoms with Crippen molar-refractivity contribution in [2.45, 2.75) is 11.8 Å². The molecule has 0 aliphatic carbocycles. The zero-order valence-corrected chi connectivity index (χ0v) is 13.9. The molecule has 24 heavy (non-hydrogen) atoms. The Morgan fingerprint density at radius 1 is 1.12 bits per heavy atom. The number of esters is 1. The molecule has 0 amide bonds. The predicted octanol–water partition coefficient (Wildman–Crippen LogP) is 0.262. The van der Waals surface area contributed by atoms with Crippen LogP contribution in [0.5, 0.6) is 0 Å². The summed E-state index contributed by atoms with van der Waals surface area (Å²) < 4.78 is 31.7. The van der Waals surface area contributed by atoms with Crippen molar-refractivity contribution in [3.05, 3.63) is 53.6 Å². The molecule has 126 valence electrons. The summed E-state index contributed by atoms with van der Waals surface area (Å²) in [5, 5.41) is 18.8. The maximum atomic E-state index is 12.4. The van der Waals surface area contributed by atoms with Crippen molar-refractivity contribution in [3.8, 4) is 0 Å². The SMILES string of the molecule is COC(=O)c1ccc(B(O)O)c(NS(=O)(=O)c2ccc(C)cc2)c1. The molecule has 0 aliphatic rings. The van der Waals surface area contributed by atoms with E-state index in [0.29, 0.717) is 0 Å². The molecular formula is C15H16BNO6S. The number of carbonyl (C=O) groups excluding carboxylic acids is 1. The van der Waals surface area contributed by atoms with E-state index in [1.165, 1.54) is 37.4 Å². The highest BCUT2D eigenvalue weighted by Gasteiger charge is 2.22. The monoisotopic (exact) mass is 349 g/mol. The molecule has 0 saturated heterocycles. The summed E-state index contributed by atoms with van der Waals surface area (Å²) in [5.41, 5.74) is 0.767. The van der Waals surface area contributed by atoms with E-state index in [2.05, 4.69) is 9.46 Å². The lowest BCUT2D eigenvalue weighted by atomic mass is 9.78. The van der Waals surface area contributed by atoms with E-state index in [9.17, 15) is 23.3 Å². The van der Waals surface area contributed by atoms with Gasteiger partial charge in [-0.3, -0.25) is 4.72 Å². The van der Waals surface area contributed by atoms with Crippen LogP contribution < -0.4 is 10.2 Å². The lowest BCUT2D eigenvalue weighted by Crippen LogP contribution is -2.34. The molecule has 0 saturated carbocycles. The molecule has 7 nitrogen and oxygen atoms in total. The van der Waals surface area contributed by atoms with E-state index in [1.807, 2.05) is 6.92 Å². The average Bonchev–Trinajstić information content (AvgIpc) is 2.53. The van der Waals surface area contributed by atoms with Gasteiger partial charge < -0.3 is 14.8 Å². The molecule has 0 fully saturated rings. The normalized spacial score (nSPS) is 11.0. The van der Waals surface area contributed by atoms with E-state index < -0.39 is 23.1 Å². The summed E-state index contributed by atoms with van der Waals surface area (Å²) >= 11 is 0. The second-order valence-electron chi connectivity index (χ2n) is 5.09. The van der Waals surface area contributed by atoms with Gasteiger partial charge in [0.1, 0.15) is 0 Å². The van der Waals surface area contributed by atoms with E-state index in [-0.39, 0.29) is 21.6 Å². The quantitative estimate of drug-likeness (QED) is 0.527. The van der Waals surface area contributed by atoms with Crippen LogP contribution in [0.3, 0.4) is 0 Å². The Balaban J connectivity index is 2.46. The number of nitrogens with one attached hydrogen (secondary N) is 1. The first-order chi connectivity index (χ1) is 11.2. The van der Waals surface area contributed by atoms with Gasteiger partial charge in [0, 0.05) is 11.2 Å². The van der Waals surface area contributed by atoms with Gasteiger partial charge >= 0.3 is 13.1 Å². The molecule has 2 aromatic carbocycles. The molecule has 9 heteroatoms. The van der Waals surface area contributed by atoms with E-state index in [0.717, 1.165) is 5.56 Å². The third kappa shape index (κ3) is 3.94. The molecule has 0 radical (unpaired) electrons. The zero-order chi connectivity index (χ0) is 17.9. The van der Waals surface area contributed by atoms with Crippen LogP contribution >= 0.6 is 0 Å². The molecule has 0 aliphatic heterocycles. The highest BCUT2D eigenvalue weighted by Crippen LogP contribution is 2.17. The fourth-order valence-electron chi connectivity index (χ4n) is 2.04. The summed E-state index contributed by atoms with van der Waals surface area (Å²) in [5.74, 6) is -0.676. The van der Waals surface area contributed by atoms with E-state index in [1.54, 1.807) is 12.1 Å². The topological polar surface area (TPSA) is 113 Å². The van der Waals surface area contributed by atoms with Crippen molar-refractivity contribution in [2.24, 2.45) is 0 Å². The van der Waals surface area contributed by atoms with Crippen LogP contribution in [0, 0.1) is 6.92 Å². The van der Waals surface area contributed by atoms with Gasteiger partial charge in [-0.05, 0) is 31.2 Å². The molecule has 0 unspecified atom stereocenters. The number of sulfonamides is 1. The van der Waals surface area contributed by atoms with Gasteiger partial charge in [-0.15, -0.1) is 0 Å². The van der Waals surface area contributed by atoms with Gasteiger partial charge in [-0.25, -0.2) is 13.2 Å². The van der Waals surface area contributed by atoms with Crippen molar-refractivity contribution in [1.29, 1.82) is 0 Å². The molecular weight excluding hydrogens is 333 g/mol. The van der Waals surface area contributed by atoms with Gasteiger partial charge in [0.15, 0.2) is 0 Å². The minimum absolute atomic E-state index is 0.00921. The van der Waals surface area contributed by atoms with Crippen molar-refractivity contribution in [2.75, 3.05) is 11.8 Å². The van der Waals surface area contributed by atoms with Gasteiger partial charge in [-0.2, -0.15) is 0 Å². The third-order valence-electron chi connectivity index (χ3n) is 3.33. The van der Waals surface area contributed by atoms with Crippen LogP contribution in [0.1, 0.15) is 15.9 Å². The van der Waals surface area contributed by atoms with Crippen molar-refractivity contribution in [1.82, 2.24) is 0 Å². The van der Waals surface area contributed by atoms with Gasteiger partial charge in [0.25, 0.3) is 10.0 Å². The van der Waals surface area contributed by atoms with Crippen LogP contribution in [-0.4, -0.2) is 38.7 Å². The Morgan fingerprint density at radius 2 is 1.75 bits per heavy atom. The number of hydrogen-bond donors (Lipinski definition) is 3. The maximum absolute atomic E-state index is 12.4. The van der Waals surface area contributed by atoms with Crippen molar-refractivity contribution >= 4 is 34.3 Å². The first-order valence-corrected chi connectivity index (χ1v) is 8.41. The molecule has 2 aromatic rings. The summed E-state index contributed by atoms with van der Waals surface area (Å²) in [4.78, 5) is 11.6. The number of carbonyl (C=O) groups is 1. The molecule has 2 rings (SSSR count). The summed E-state index contributed by atoms with van der Waals surface area (Å²) in [7, 11) is -4.68. The first kappa shape index (κ1) is 18.0. The number of hydrogen-bond acceptors (Lipinski definition) is 6. The number of aryl methyl sites for hydroxylation is 1. The maximum Gasteiger partial charge on any atom is 0.490 e. The second kappa shape index (κ2) is 7.04. The van der Waals surface area contributed by atoms with Crippen LogP contribution in [-0.2, 0) is 14.8 Å². The van der Waals surface area contributed by atoms with Crippen molar-refractivity contribution < 1.29 is 28.0 Å². The fraction of sp³-hybridized carbons (Fsp3) is 0.133. The van der Waals surface area contributed by atoms with Crippen LogP contribution in [0.4, 0.5) is 5.69 Å². The largest absolute Gasteiger partial charge is 0.490 e. The minimum Gasteiger partial charge on any atom is -0.465 e. The fourth-order valence-corrected chi connectivity index (χ4v) is 3.11. The van der Waals surface area contributed by atoms with E-state index in [4.69, 9.17) is 0 Å². The molecule has 0 atom stereocenters. The van der Waals surface area contributed by atoms with Crippen LogP contribution in [0.25, 0.3) is 0 Å². The molecule has 0 spiro atoms. The van der Waals surface area contributed by atoms with Crippen LogP contribution in [0.2, 0.25) is 0 Å². The summed E-state index contributed by atoms with van der Waals surface area (Å²) in [6.07, 6.45) is 0. The number of rotatable bonds is 5. The smallest absolute Gasteiger partial charge is 0.465 e. The zero-order valence-electron chi connectivity index (χ0n) is 13.1. The Bertz CT molecular complexity index is 849. The standard InChI is InChI=1S/C15H16BNO6S/c1-10-3-6-12(7-4-10)24(21,22)17-14-9-11(15(18)23-2)5-8-13(14)16(19)20/h3-9,17,19-20H,1-2H3. The molecule has 0 aromatic heterocycles.